The Kier molecular flexibility index (Phi) is 6.68. The molecule has 0 atom stereocenters. The maximum absolute atomic E-state index is 11.5. The van der Waals surface area contributed by atoms with Gasteiger partial charge >= 0.3 is 0 Å². The average Bonchev–Trinajstić information content (AvgIpc) is 3.06. The number of fused-ring (bicyclic) bond motifs is 1. The van der Waals surface area contributed by atoms with Crippen LogP contribution in [0.5, 0.6) is 5.75 Å². The summed E-state index contributed by atoms with van der Waals surface area (Å²) in [6.45, 7) is 10.3. The summed E-state index contributed by atoms with van der Waals surface area (Å²) in [5, 5.41) is 4.08. The van der Waals surface area contributed by atoms with Gasteiger partial charge in [-0.1, -0.05) is 18.3 Å². The SMILES string of the molecule is CCCC(=O)NCCN1CCN(c2nc3ccc(OCC)cc3s2)CC1. The molecule has 1 aromatic heterocycles. The molecule has 142 valence electrons. The van der Waals surface area contributed by atoms with Gasteiger partial charge in [0.15, 0.2) is 5.13 Å². The van der Waals surface area contributed by atoms with Gasteiger partial charge < -0.3 is 15.0 Å². The van der Waals surface area contributed by atoms with Crippen LogP contribution in [0, 0.1) is 0 Å². The van der Waals surface area contributed by atoms with Crippen LogP contribution in [0.3, 0.4) is 0 Å². The van der Waals surface area contributed by atoms with E-state index in [9.17, 15) is 4.79 Å². The number of carbonyl (C=O) groups is 1. The first-order valence-corrected chi connectivity index (χ1v) is 10.3. The number of ether oxygens (including phenoxy) is 1. The zero-order chi connectivity index (χ0) is 18.4. The van der Waals surface area contributed by atoms with Crippen molar-refractivity contribution in [2.75, 3.05) is 50.8 Å². The zero-order valence-corrected chi connectivity index (χ0v) is 16.5. The van der Waals surface area contributed by atoms with E-state index in [1.54, 1.807) is 11.3 Å². The maximum atomic E-state index is 11.5. The number of thiazole rings is 1. The molecule has 7 heteroatoms. The quantitative estimate of drug-likeness (QED) is 0.768. The summed E-state index contributed by atoms with van der Waals surface area (Å²) in [5.74, 6) is 1.07. The van der Waals surface area contributed by atoms with Crippen LogP contribution in [0.15, 0.2) is 18.2 Å². The topological polar surface area (TPSA) is 57.7 Å². The lowest BCUT2D eigenvalue weighted by Gasteiger charge is -2.34. The predicted molar refractivity (Wildman–Crippen MR) is 107 cm³/mol. The van der Waals surface area contributed by atoms with Crippen LogP contribution in [0.25, 0.3) is 10.2 Å². The first-order valence-electron chi connectivity index (χ1n) is 9.47. The number of nitrogens with one attached hydrogen (secondary N) is 1. The number of carbonyl (C=O) groups excluding carboxylic acids is 1. The first kappa shape index (κ1) is 18.9. The van der Waals surface area contributed by atoms with E-state index in [0.29, 0.717) is 13.0 Å². The summed E-state index contributed by atoms with van der Waals surface area (Å²) in [5.41, 5.74) is 1.04. The summed E-state index contributed by atoms with van der Waals surface area (Å²) in [6, 6.07) is 6.10. The highest BCUT2D eigenvalue weighted by molar-refractivity contribution is 7.22. The highest BCUT2D eigenvalue weighted by Crippen LogP contribution is 2.31. The van der Waals surface area contributed by atoms with E-state index < -0.39 is 0 Å². The van der Waals surface area contributed by atoms with E-state index in [0.717, 1.165) is 62.1 Å². The molecule has 0 unspecified atom stereocenters. The van der Waals surface area contributed by atoms with Crippen LogP contribution >= 0.6 is 11.3 Å². The second kappa shape index (κ2) is 9.19. The smallest absolute Gasteiger partial charge is 0.220 e. The van der Waals surface area contributed by atoms with E-state index in [1.165, 1.54) is 4.70 Å². The minimum atomic E-state index is 0.159. The van der Waals surface area contributed by atoms with Crippen LogP contribution < -0.4 is 15.0 Å². The molecule has 1 aromatic carbocycles. The minimum Gasteiger partial charge on any atom is -0.494 e. The third kappa shape index (κ3) is 4.86. The molecule has 26 heavy (non-hydrogen) atoms. The molecule has 1 aliphatic rings. The second-order valence-electron chi connectivity index (χ2n) is 6.49. The number of hydrogen-bond donors (Lipinski definition) is 1. The van der Waals surface area contributed by atoms with Crippen molar-refractivity contribution >= 4 is 32.6 Å². The van der Waals surface area contributed by atoms with Gasteiger partial charge in [0.05, 0.1) is 16.8 Å². The second-order valence-corrected chi connectivity index (χ2v) is 7.50. The lowest BCUT2D eigenvalue weighted by atomic mass is 10.3. The molecular formula is C19H28N4O2S. The molecule has 0 saturated carbocycles. The van der Waals surface area contributed by atoms with Crippen LogP contribution in [-0.2, 0) is 4.79 Å². The van der Waals surface area contributed by atoms with Crippen molar-refractivity contribution < 1.29 is 9.53 Å². The van der Waals surface area contributed by atoms with Gasteiger partial charge in [-0.25, -0.2) is 4.98 Å². The molecule has 1 saturated heterocycles. The van der Waals surface area contributed by atoms with Crippen LogP contribution in [-0.4, -0.2) is 61.7 Å². The monoisotopic (exact) mass is 376 g/mol. The average molecular weight is 377 g/mol. The summed E-state index contributed by atoms with van der Waals surface area (Å²) >= 11 is 1.73. The maximum Gasteiger partial charge on any atom is 0.220 e. The Morgan fingerprint density at radius 3 is 2.81 bits per heavy atom. The molecular weight excluding hydrogens is 348 g/mol. The van der Waals surface area contributed by atoms with Crippen molar-refractivity contribution in [2.45, 2.75) is 26.7 Å². The van der Waals surface area contributed by atoms with Crippen molar-refractivity contribution in [2.24, 2.45) is 0 Å². The molecule has 1 N–H and O–H groups in total. The van der Waals surface area contributed by atoms with Crippen molar-refractivity contribution in [3.05, 3.63) is 18.2 Å². The zero-order valence-electron chi connectivity index (χ0n) is 15.7. The lowest BCUT2D eigenvalue weighted by molar-refractivity contribution is -0.121. The van der Waals surface area contributed by atoms with Crippen molar-refractivity contribution in [3.8, 4) is 5.75 Å². The van der Waals surface area contributed by atoms with Gasteiger partial charge in [0, 0.05) is 45.7 Å². The molecule has 3 rings (SSSR count). The van der Waals surface area contributed by atoms with E-state index in [2.05, 4.69) is 21.2 Å². The summed E-state index contributed by atoms with van der Waals surface area (Å²) < 4.78 is 6.75. The predicted octanol–water partition coefficient (Wildman–Crippen LogP) is 2.73. The van der Waals surface area contributed by atoms with E-state index >= 15 is 0 Å². The first-order chi connectivity index (χ1) is 12.7. The highest BCUT2D eigenvalue weighted by atomic mass is 32.1. The Morgan fingerprint density at radius 2 is 2.08 bits per heavy atom. The summed E-state index contributed by atoms with van der Waals surface area (Å²) in [4.78, 5) is 21.1. The highest BCUT2D eigenvalue weighted by Gasteiger charge is 2.19. The number of rotatable bonds is 8. The molecule has 0 spiro atoms. The standard InChI is InChI=1S/C19H28N4O2S/c1-3-5-18(24)20-8-9-22-10-12-23(13-11-22)19-21-16-7-6-15(25-4-2)14-17(16)26-19/h6-7,14H,3-5,8-13H2,1-2H3,(H,20,24). The molecule has 1 aliphatic heterocycles. The van der Waals surface area contributed by atoms with E-state index in [1.807, 2.05) is 26.0 Å². The Hall–Kier alpha value is -1.86. The molecule has 0 bridgehead atoms. The number of amides is 1. The van der Waals surface area contributed by atoms with Crippen molar-refractivity contribution in [1.82, 2.24) is 15.2 Å². The van der Waals surface area contributed by atoms with Gasteiger partial charge in [0.25, 0.3) is 0 Å². The molecule has 1 amide bonds. The van der Waals surface area contributed by atoms with Crippen LogP contribution in [0.2, 0.25) is 0 Å². The fraction of sp³-hybridized carbons (Fsp3) is 0.579. The van der Waals surface area contributed by atoms with Gasteiger partial charge in [-0.2, -0.15) is 0 Å². The Morgan fingerprint density at radius 1 is 1.27 bits per heavy atom. The fourth-order valence-corrected chi connectivity index (χ4v) is 4.16. The van der Waals surface area contributed by atoms with Gasteiger partial charge in [0.2, 0.25) is 5.91 Å². The summed E-state index contributed by atoms with van der Waals surface area (Å²) in [7, 11) is 0. The van der Waals surface area contributed by atoms with Crippen molar-refractivity contribution in [1.29, 1.82) is 0 Å². The number of piperazine rings is 1. The van der Waals surface area contributed by atoms with Crippen LogP contribution in [0.1, 0.15) is 26.7 Å². The Balaban J connectivity index is 1.50. The molecule has 2 heterocycles. The molecule has 0 aliphatic carbocycles. The van der Waals surface area contributed by atoms with E-state index in [-0.39, 0.29) is 5.91 Å². The Bertz CT molecular complexity index is 725. The number of benzene rings is 1. The third-order valence-electron chi connectivity index (χ3n) is 4.53. The molecule has 2 aromatic rings. The number of hydrogen-bond acceptors (Lipinski definition) is 6. The van der Waals surface area contributed by atoms with Crippen LogP contribution in [0.4, 0.5) is 5.13 Å². The van der Waals surface area contributed by atoms with Gasteiger partial charge in [-0.3, -0.25) is 9.69 Å². The fourth-order valence-electron chi connectivity index (χ4n) is 3.12. The summed E-state index contributed by atoms with van der Waals surface area (Å²) in [6.07, 6.45) is 1.52. The van der Waals surface area contributed by atoms with Crippen molar-refractivity contribution in [3.63, 3.8) is 0 Å². The third-order valence-corrected chi connectivity index (χ3v) is 5.61. The normalized spacial score (nSPS) is 15.4. The van der Waals surface area contributed by atoms with E-state index in [4.69, 9.17) is 9.72 Å². The molecule has 0 radical (unpaired) electrons. The molecule has 6 nitrogen and oxygen atoms in total. The number of aromatic nitrogens is 1. The van der Waals surface area contributed by atoms with Gasteiger partial charge in [-0.15, -0.1) is 0 Å². The largest absolute Gasteiger partial charge is 0.494 e. The molecule has 1 fully saturated rings. The van der Waals surface area contributed by atoms with Gasteiger partial charge in [-0.05, 0) is 31.5 Å². The minimum absolute atomic E-state index is 0.159. The Labute approximate surface area is 159 Å². The number of nitrogens with zero attached hydrogens (tertiary/aromatic N) is 3. The lowest BCUT2D eigenvalue weighted by Crippen LogP contribution is -2.48. The number of anilines is 1. The van der Waals surface area contributed by atoms with Gasteiger partial charge in [0.1, 0.15) is 5.75 Å².